The highest BCUT2D eigenvalue weighted by Crippen LogP contribution is 2.58. The van der Waals surface area contributed by atoms with E-state index in [-0.39, 0.29) is 11.8 Å². The van der Waals surface area contributed by atoms with Gasteiger partial charge < -0.3 is 28.4 Å². The Balaban J connectivity index is 1.30. The lowest BCUT2D eigenvalue weighted by atomic mass is 9.71. The van der Waals surface area contributed by atoms with Gasteiger partial charge in [-0.15, -0.1) is 0 Å². The Morgan fingerprint density at radius 2 is 1.47 bits per heavy atom. The van der Waals surface area contributed by atoms with E-state index in [1.807, 2.05) is 58.0 Å². The number of anilines is 1. The van der Waals surface area contributed by atoms with E-state index < -0.39 is 65.8 Å². The van der Waals surface area contributed by atoms with Crippen LogP contribution in [0.3, 0.4) is 0 Å². The number of benzene rings is 1. The first-order valence-electron chi connectivity index (χ1n) is 11.8. The maximum atomic E-state index is 13.8. The molecular weight excluding hydrogens is 442 g/mol. The largest absolute Gasteiger partial charge is 0.359 e. The van der Waals surface area contributed by atoms with Crippen LogP contribution in [-0.4, -0.2) is 65.8 Å². The molecule has 0 aliphatic carbocycles. The third kappa shape index (κ3) is 2.65. The lowest BCUT2D eigenvalue weighted by molar-refractivity contribution is -0.269. The Morgan fingerprint density at radius 3 is 2.24 bits per heavy atom. The van der Waals surface area contributed by atoms with Gasteiger partial charge in [0.15, 0.2) is 17.9 Å². The van der Waals surface area contributed by atoms with E-state index in [9.17, 15) is 9.59 Å². The van der Waals surface area contributed by atoms with Crippen molar-refractivity contribution in [1.29, 1.82) is 0 Å². The van der Waals surface area contributed by atoms with Gasteiger partial charge in [0.2, 0.25) is 11.8 Å². The Labute approximate surface area is 196 Å². The van der Waals surface area contributed by atoms with Gasteiger partial charge >= 0.3 is 0 Å². The summed E-state index contributed by atoms with van der Waals surface area (Å²) in [6.45, 7) is 7.32. The molecule has 5 saturated heterocycles. The number of ether oxygens (including phenoxy) is 6. The van der Waals surface area contributed by atoms with Crippen LogP contribution >= 0.6 is 0 Å². The van der Waals surface area contributed by atoms with E-state index >= 15 is 0 Å². The van der Waals surface area contributed by atoms with Crippen LogP contribution in [0.4, 0.5) is 5.69 Å². The molecule has 0 saturated carbocycles. The maximum Gasteiger partial charge on any atom is 0.241 e. The number of fused-ring (bicyclic) bond motifs is 8. The van der Waals surface area contributed by atoms with Crippen molar-refractivity contribution < 1.29 is 38.0 Å². The highest BCUT2D eigenvalue weighted by Gasteiger charge is 2.75. The zero-order valence-electron chi connectivity index (χ0n) is 19.4. The van der Waals surface area contributed by atoms with Gasteiger partial charge in [0.05, 0.1) is 23.6 Å². The van der Waals surface area contributed by atoms with Crippen LogP contribution in [0.25, 0.3) is 0 Å². The van der Waals surface area contributed by atoms with Gasteiger partial charge in [-0.1, -0.05) is 30.4 Å². The predicted octanol–water partition coefficient (Wildman–Crippen LogP) is 1.90. The summed E-state index contributed by atoms with van der Waals surface area (Å²) in [6.07, 6.45) is 0.213. The molecule has 6 heterocycles. The van der Waals surface area contributed by atoms with Gasteiger partial charge in [-0.3, -0.25) is 9.59 Å². The topological polar surface area (TPSA) is 92.8 Å². The molecule has 0 spiro atoms. The number of hydrogen-bond donors (Lipinski definition) is 0. The van der Waals surface area contributed by atoms with Gasteiger partial charge in [0.25, 0.3) is 0 Å². The molecule has 7 rings (SSSR count). The van der Waals surface area contributed by atoms with Crippen LogP contribution in [0, 0.1) is 11.8 Å². The fraction of sp³-hybridized carbons (Fsp3) is 0.600. The van der Waals surface area contributed by atoms with Crippen LogP contribution in [0.2, 0.25) is 0 Å². The van der Waals surface area contributed by atoms with Gasteiger partial charge in [-0.2, -0.15) is 0 Å². The van der Waals surface area contributed by atoms with Crippen molar-refractivity contribution in [2.75, 3.05) is 4.90 Å². The Kier molecular flexibility index (Phi) is 4.07. The summed E-state index contributed by atoms with van der Waals surface area (Å²) in [4.78, 5) is 28.5. The fourth-order valence-corrected chi connectivity index (χ4v) is 6.57. The number of amides is 2. The van der Waals surface area contributed by atoms with Crippen molar-refractivity contribution >= 4 is 17.5 Å². The first kappa shape index (κ1) is 21.2. The second-order valence-corrected chi connectivity index (χ2v) is 10.7. The fourth-order valence-electron chi connectivity index (χ4n) is 6.57. The Bertz CT molecular complexity index is 1100. The molecule has 2 bridgehead atoms. The first-order valence-corrected chi connectivity index (χ1v) is 11.8. The molecule has 0 unspecified atom stereocenters. The molecule has 9 atom stereocenters. The number of rotatable bonds is 2. The number of carbonyl (C=O) groups excluding carboxylic acids is 2. The second-order valence-electron chi connectivity index (χ2n) is 10.7. The van der Waals surface area contributed by atoms with E-state index in [4.69, 9.17) is 28.4 Å². The minimum Gasteiger partial charge on any atom is -0.359 e. The Morgan fingerprint density at radius 1 is 0.794 bits per heavy atom. The van der Waals surface area contributed by atoms with E-state index in [1.54, 1.807) is 12.1 Å². The SMILES string of the molecule is CC1(C)O[C@H]2[C@@H](O1)[C@@H]([C@]13C=C[C@H](O1)[C@H]1C(=O)N(c4ccccc4)C(=O)[C@H]13)O[C@@H]1OC(C)(C)O[C@@H]12. The third-order valence-electron chi connectivity index (χ3n) is 7.69. The van der Waals surface area contributed by atoms with Crippen molar-refractivity contribution in [1.82, 2.24) is 0 Å². The molecule has 2 amide bonds. The highest BCUT2D eigenvalue weighted by atomic mass is 16.9. The molecule has 6 aliphatic rings. The Hall–Kier alpha value is -2.14. The summed E-state index contributed by atoms with van der Waals surface area (Å²) in [7, 11) is 0. The van der Waals surface area contributed by atoms with Gasteiger partial charge in [-0.25, -0.2) is 4.90 Å². The van der Waals surface area contributed by atoms with Crippen molar-refractivity contribution in [3.05, 3.63) is 42.5 Å². The van der Waals surface area contributed by atoms with Crippen LogP contribution < -0.4 is 4.90 Å². The molecule has 6 aliphatic heterocycles. The molecule has 180 valence electrons. The number of para-hydroxylation sites is 1. The van der Waals surface area contributed by atoms with Gasteiger partial charge in [-0.05, 0) is 39.8 Å². The summed E-state index contributed by atoms with van der Waals surface area (Å²) in [5.41, 5.74) is -0.626. The summed E-state index contributed by atoms with van der Waals surface area (Å²) in [5, 5.41) is 0. The van der Waals surface area contributed by atoms with Crippen LogP contribution in [0.1, 0.15) is 27.7 Å². The predicted molar refractivity (Wildman–Crippen MR) is 115 cm³/mol. The number of nitrogens with zero attached hydrogens (tertiary/aromatic N) is 1. The molecule has 1 aromatic rings. The minimum absolute atomic E-state index is 0.256. The minimum atomic E-state index is -1.18. The maximum absolute atomic E-state index is 13.8. The zero-order chi connectivity index (χ0) is 23.6. The molecule has 0 radical (unpaired) electrons. The average molecular weight is 469 g/mol. The molecule has 9 heteroatoms. The number of hydrogen-bond acceptors (Lipinski definition) is 8. The van der Waals surface area contributed by atoms with Crippen molar-refractivity contribution in [3.8, 4) is 0 Å². The first-order chi connectivity index (χ1) is 16.1. The molecule has 9 nitrogen and oxygen atoms in total. The monoisotopic (exact) mass is 469 g/mol. The van der Waals surface area contributed by atoms with E-state index in [0.717, 1.165) is 0 Å². The summed E-state index contributed by atoms with van der Waals surface area (Å²) in [6, 6.07) is 8.99. The third-order valence-corrected chi connectivity index (χ3v) is 7.69. The van der Waals surface area contributed by atoms with Gasteiger partial charge in [0.1, 0.15) is 30.0 Å². The van der Waals surface area contributed by atoms with E-state index in [2.05, 4.69) is 0 Å². The molecule has 5 fully saturated rings. The van der Waals surface area contributed by atoms with Gasteiger partial charge in [0, 0.05) is 0 Å². The normalized spacial score (nSPS) is 47.2. The quantitative estimate of drug-likeness (QED) is 0.479. The van der Waals surface area contributed by atoms with E-state index in [1.165, 1.54) is 4.90 Å². The van der Waals surface area contributed by atoms with E-state index in [0.29, 0.717) is 5.69 Å². The lowest BCUT2D eigenvalue weighted by Crippen LogP contribution is -2.64. The van der Waals surface area contributed by atoms with Crippen LogP contribution in [0.15, 0.2) is 42.5 Å². The molecule has 1 aromatic carbocycles. The molecular formula is C25H27NO8. The summed E-state index contributed by atoms with van der Waals surface area (Å²) in [5.74, 6) is -3.65. The molecule has 0 aromatic heterocycles. The highest BCUT2D eigenvalue weighted by molar-refractivity contribution is 6.23. The van der Waals surface area contributed by atoms with Crippen molar-refractivity contribution in [2.45, 2.75) is 81.7 Å². The van der Waals surface area contributed by atoms with Crippen molar-refractivity contribution in [2.24, 2.45) is 11.8 Å². The van der Waals surface area contributed by atoms with Crippen LogP contribution in [-0.2, 0) is 38.0 Å². The average Bonchev–Trinajstić information content (AvgIpc) is 3.54. The standard InChI is InChI=1S/C25H27NO8/c1-23(2)31-16-17(32-23)19(29-22-18(16)33-24(3,4)34-22)25-11-10-13(30-25)14-15(25)21(28)26(20(14)27)12-8-6-5-7-9-12/h5-11,13-19,22H,1-4H3/t13-,14+,15-,16-,17+,18+,19-,22+,25+/m0/s1. The summed E-state index contributed by atoms with van der Waals surface area (Å²) >= 11 is 0. The lowest BCUT2D eigenvalue weighted by Gasteiger charge is -2.45. The van der Waals surface area contributed by atoms with Crippen LogP contribution in [0.5, 0.6) is 0 Å². The smallest absolute Gasteiger partial charge is 0.241 e. The molecule has 34 heavy (non-hydrogen) atoms. The number of carbonyl (C=O) groups is 2. The molecule has 0 N–H and O–H groups in total. The zero-order valence-corrected chi connectivity index (χ0v) is 19.4. The van der Waals surface area contributed by atoms with Crippen molar-refractivity contribution in [3.63, 3.8) is 0 Å². The number of imide groups is 1. The summed E-state index contributed by atoms with van der Waals surface area (Å²) < 4.78 is 37.6. The second kappa shape index (κ2) is 6.54.